The van der Waals surface area contributed by atoms with Gasteiger partial charge in [-0.3, -0.25) is 5.73 Å². The molecule has 0 amide bonds. The molecule has 3 aromatic rings. The number of ether oxygens (including phenoxy) is 2. The lowest BCUT2D eigenvalue weighted by molar-refractivity contribution is -0.373. The maximum Gasteiger partial charge on any atom is 0.289 e. The third-order valence-corrected chi connectivity index (χ3v) is 5.97. The van der Waals surface area contributed by atoms with Crippen molar-refractivity contribution in [3.63, 3.8) is 0 Å². The minimum absolute atomic E-state index is 0.331. The number of halogens is 1. The van der Waals surface area contributed by atoms with E-state index in [2.05, 4.69) is 11.1 Å². The van der Waals surface area contributed by atoms with Crippen LogP contribution in [0.25, 0.3) is 11.1 Å². The highest BCUT2D eigenvalue weighted by molar-refractivity contribution is 6.30. The van der Waals surface area contributed by atoms with Gasteiger partial charge in [0, 0.05) is 28.1 Å². The second-order valence-corrected chi connectivity index (χ2v) is 8.12. The number of hydrogen-bond donors (Lipinski definition) is 1. The topological polar surface area (TPSA) is 82.4 Å². The van der Waals surface area contributed by atoms with Crippen molar-refractivity contribution in [1.29, 1.82) is 5.26 Å². The third kappa shape index (κ3) is 4.45. The van der Waals surface area contributed by atoms with E-state index < -0.39 is 0 Å². The van der Waals surface area contributed by atoms with Gasteiger partial charge in [-0.2, -0.15) is 5.26 Å². The Kier molecular flexibility index (Phi) is 6.29. The van der Waals surface area contributed by atoms with Crippen LogP contribution in [-0.2, 0) is 19.4 Å². The fraction of sp³-hybridized carbons (Fsp3) is 0.280. The Morgan fingerprint density at radius 2 is 1.87 bits per heavy atom. The van der Waals surface area contributed by atoms with Gasteiger partial charge in [0.05, 0.1) is 7.11 Å². The molecule has 0 radical (unpaired) electrons. The highest BCUT2D eigenvalue weighted by Gasteiger charge is 2.24. The number of aromatic nitrogens is 1. The van der Waals surface area contributed by atoms with Crippen LogP contribution in [0.4, 0.5) is 5.82 Å². The Morgan fingerprint density at radius 1 is 1.10 bits per heavy atom. The number of aromatic amines is 1. The molecule has 1 aromatic heterocycles. The van der Waals surface area contributed by atoms with Gasteiger partial charge in [0.15, 0.2) is 0 Å². The zero-order valence-electron chi connectivity index (χ0n) is 17.5. The van der Waals surface area contributed by atoms with Crippen molar-refractivity contribution < 1.29 is 14.5 Å². The van der Waals surface area contributed by atoms with Crippen molar-refractivity contribution in [1.82, 2.24) is 0 Å². The third-order valence-electron chi connectivity index (χ3n) is 5.71. The molecule has 3 N–H and O–H groups in total. The molecule has 6 heteroatoms. The van der Waals surface area contributed by atoms with Gasteiger partial charge < -0.3 is 9.47 Å². The molecule has 0 unspecified atom stereocenters. The molecule has 4 rings (SSSR count). The zero-order valence-corrected chi connectivity index (χ0v) is 18.3. The summed E-state index contributed by atoms with van der Waals surface area (Å²) in [7, 11) is 1.64. The van der Waals surface area contributed by atoms with E-state index in [4.69, 9.17) is 26.8 Å². The number of methoxy groups -OCH3 is 1. The summed E-state index contributed by atoms with van der Waals surface area (Å²) in [5.74, 6) is 1.88. The molecule has 31 heavy (non-hydrogen) atoms. The molecule has 158 valence electrons. The Morgan fingerprint density at radius 3 is 2.61 bits per heavy atom. The van der Waals surface area contributed by atoms with Crippen LogP contribution >= 0.6 is 11.6 Å². The summed E-state index contributed by atoms with van der Waals surface area (Å²) < 4.78 is 11.5. The van der Waals surface area contributed by atoms with Crippen molar-refractivity contribution in [3.8, 4) is 28.7 Å². The van der Waals surface area contributed by atoms with Crippen LogP contribution in [0.3, 0.4) is 0 Å². The molecule has 0 aliphatic heterocycles. The number of benzene rings is 2. The number of nitrogens with two attached hydrogens (primary N) is 1. The van der Waals surface area contributed by atoms with E-state index in [0.717, 1.165) is 59.6 Å². The van der Waals surface area contributed by atoms with Crippen LogP contribution in [0.1, 0.15) is 41.6 Å². The summed E-state index contributed by atoms with van der Waals surface area (Å²) in [6.45, 7) is 0.331. The smallest absolute Gasteiger partial charge is 0.289 e. The fourth-order valence-electron chi connectivity index (χ4n) is 4.18. The number of nitrogen functional groups attached to an aromatic ring is 1. The average Bonchev–Trinajstić information content (AvgIpc) is 3.02. The van der Waals surface area contributed by atoms with Gasteiger partial charge >= 0.3 is 0 Å². The average molecular weight is 435 g/mol. The first kappa shape index (κ1) is 21.0. The second-order valence-electron chi connectivity index (χ2n) is 7.69. The van der Waals surface area contributed by atoms with Crippen molar-refractivity contribution in [2.45, 2.75) is 38.7 Å². The number of fused-ring (bicyclic) bond motifs is 1. The van der Waals surface area contributed by atoms with Crippen LogP contribution in [0.15, 0.2) is 42.5 Å². The number of anilines is 1. The number of nitrogens with one attached hydrogen (secondary N) is 1. The lowest BCUT2D eigenvalue weighted by Gasteiger charge is -2.16. The zero-order chi connectivity index (χ0) is 21.8. The van der Waals surface area contributed by atoms with E-state index >= 15 is 0 Å². The van der Waals surface area contributed by atoms with Crippen LogP contribution in [0.2, 0.25) is 5.02 Å². The molecule has 0 saturated heterocycles. The molecule has 0 fully saturated rings. The van der Waals surface area contributed by atoms with Gasteiger partial charge in [0.25, 0.3) is 5.82 Å². The van der Waals surface area contributed by atoms with Crippen molar-refractivity contribution >= 4 is 17.4 Å². The number of pyridine rings is 1. The van der Waals surface area contributed by atoms with Crippen LogP contribution in [0, 0.1) is 11.3 Å². The minimum Gasteiger partial charge on any atom is -0.496 e. The summed E-state index contributed by atoms with van der Waals surface area (Å²) in [5.41, 5.74) is 11.8. The van der Waals surface area contributed by atoms with Crippen LogP contribution in [0.5, 0.6) is 11.5 Å². The largest absolute Gasteiger partial charge is 0.496 e. The van der Waals surface area contributed by atoms with Gasteiger partial charge in [-0.15, -0.1) is 0 Å². The molecule has 1 aliphatic carbocycles. The van der Waals surface area contributed by atoms with Gasteiger partial charge in [-0.25, -0.2) is 4.98 Å². The van der Waals surface area contributed by atoms with E-state index in [1.165, 1.54) is 12.0 Å². The maximum atomic E-state index is 9.87. The summed E-state index contributed by atoms with van der Waals surface area (Å²) in [5, 5.41) is 10.5. The molecule has 0 atom stereocenters. The highest BCUT2D eigenvalue weighted by Crippen LogP contribution is 2.36. The molecular weight excluding hydrogens is 410 g/mol. The van der Waals surface area contributed by atoms with Crippen molar-refractivity contribution in [2.24, 2.45) is 0 Å². The number of rotatable bonds is 5. The standard InChI is InChI=1S/C25H24ClN3O2/c1-30-23-12-7-16(13-17(23)15-31-19-10-8-18(26)9-11-19)24-20-5-3-2-4-6-22(20)29-25(28)21(24)14-27/h7-13H,2-6,15H2,1H3,(H2,28,29)/p+1. The maximum absolute atomic E-state index is 9.87. The number of nitriles is 1. The number of H-pyrrole nitrogens is 1. The first-order chi connectivity index (χ1) is 15.1. The summed E-state index contributed by atoms with van der Waals surface area (Å²) in [6, 6.07) is 15.5. The lowest BCUT2D eigenvalue weighted by atomic mass is 9.91. The lowest BCUT2D eigenvalue weighted by Crippen LogP contribution is -2.22. The first-order valence-corrected chi connectivity index (χ1v) is 10.8. The molecule has 0 bridgehead atoms. The summed E-state index contributed by atoms with van der Waals surface area (Å²) in [4.78, 5) is 3.28. The predicted molar refractivity (Wildman–Crippen MR) is 121 cm³/mol. The molecule has 1 aliphatic rings. The SMILES string of the molecule is COc1ccc(-c2c(C#N)c(N)[nH+]c3c2CCCCC3)cc1COc1ccc(Cl)cc1. The van der Waals surface area contributed by atoms with Crippen molar-refractivity contribution in [3.05, 3.63) is 69.9 Å². The van der Waals surface area contributed by atoms with Gasteiger partial charge in [-0.1, -0.05) is 24.1 Å². The molecule has 5 nitrogen and oxygen atoms in total. The Labute approximate surface area is 187 Å². The summed E-state index contributed by atoms with van der Waals surface area (Å²) in [6.07, 6.45) is 5.27. The molecule has 0 spiro atoms. The summed E-state index contributed by atoms with van der Waals surface area (Å²) >= 11 is 5.96. The second kappa shape index (κ2) is 9.28. The van der Waals surface area contributed by atoms with E-state index in [9.17, 15) is 5.26 Å². The number of hydrogen-bond acceptors (Lipinski definition) is 4. The van der Waals surface area contributed by atoms with Crippen LogP contribution < -0.4 is 20.2 Å². The monoisotopic (exact) mass is 434 g/mol. The highest BCUT2D eigenvalue weighted by atomic mass is 35.5. The quantitative estimate of drug-likeness (QED) is 0.564. The van der Waals surface area contributed by atoms with Gasteiger partial charge in [0.2, 0.25) is 0 Å². The van der Waals surface area contributed by atoms with E-state index in [0.29, 0.717) is 23.0 Å². The van der Waals surface area contributed by atoms with E-state index in [-0.39, 0.29) is 0 Å². The first-order valence-electron chi connectivity index (χ1n) is 10.4. The molecule has 2 aromatic carbocycles. The normalized spacial score (nSPS) is 13.1. The Balaban J connectivity index is 1.76. The van der Waals surface area contributed by atoms with Gasteiger partial charge in [0.1, 0.15) is 35.4 Å². The Bertz CT molecular complexity index is 1140. The minimum atomic E-state index is 0.331. The molecular formula is C25H25ClN3O2+. The number of nitrogens with zero attached hydrogens (tertiary/aromatic N) is 1. The van der Waals surface area contributed by atoms with Gasteiger partial charge in [-0.05, 0) is 61.2 Å². The predicted octanol–water partition coefficient (Wildman–Crippen LogP) is 5.13. The molecule has 0 saturated carbocycles. The molecule has 1 heterocycles. The Hall–Kier alpha value is -3.23. The fourth-order valence-corrected chi connectivity index (χ4v) is 4.31. The van der Waals surface area contributed by atoms with E-state index in [1.54, 1.807) is 19.2 Å². The number of aryl methyl sites for hydroxylation is 1. The van der Waals surface area contributed by atoms with E-state index in [1.807, 2.05) is 30.3 Å². The van der Waals surface area contributed by atoms with Crippen LogP contribution in [-0.4, -0.2) is 7.11 Å². The van der Waals surface area contributed by atoms with Crippen molar-refractivity contribution in [2.75, 3.05) is 12.8 Å².